The highest BCUT2D eigenvalue weighted by Crippen LogP contribution is 2.28. The molecule has 0 bridgehead atoms. The molecular weight excluding hydrogens is 266 g/mol. The van der Waals surface area contributed by atoms with E-state index >= 15 is 0 Å². The molecule has 2 rings (SSSR count). The summed E-state index contributed by atoms with van der Waals surface area (Å²) >= 11 is 0. The number of rotatable bonds is 6. The van der Waals surface area contributed by atoms with Crippen molar-refractivity contribution in [2.45, 2.75) is 24.7 Å². The van der Waals surface area contributed by atoms with E-state index in [1.54, 1.807) is 18.2 Å². The number of hydrogen-bond donors (Lipinski definition) is 1. The Hall–Kier alpha value is -1.11. The van der Waals surface area contributed by atoms with Gasteiger partial charge in [0.25, 0.3) is 0 Å². The zero-order chi connectivity index (χ0) is 13.9. The molecule has 5 nitrogen and oxygen atoms in total. The van der Waals surface area contributed by atoms with E-state index in [9.17, 15) is 8.42 Å². The van der Waals surface area contributed by atoms with E-state index in [2.05, 4.69) is 0 Å². The molecule has 0 aliphatic carbocycles. The summed E-state index contributed by atoms with van der Waals surface area (Å²) in [5.74, 6) is 0.767. The van der Waals surface area contributed by atoms with Gasteiger partial charge in [-0.3, -0.25) is 0 Å². The lowest BCUT2D eigenvalue weighted by atomic mass is 10.2. The van der Waals surface area contributed by atoms with Crippen molar-refractivity contribution in [3.63, 3.8) is 0 Å². The first kappa shape index (κ1) is 14.3. The predicted molar refractivity (Wildman–Crippen MR) is 71.8 cm³/mol. The Morgan fingerprint density at radius 1 is 1.37 bits per heavy atom. The highest BCUT2D eigenvalue weighted by molar-refractivity contribution is 7.89. The van der Waals surface area contributed by atoms with E-state index in [0.717, 1.165) is 17.7 Å². The molecule has 0 amide bonds. The molecule has 1 heterocycles. The van der Waals surface area contributed by atoms with Crippen LogP contribution in [0.3, 0.4) is 0 Å². The van der Waals surface area contributed by atoms with E-state index in [-0.39, 0.29) is 18.0 Å². The minimum atomic E-state index is -3.53. The summed E-state index contributed by atoms with van der Waals surface area (Å²) in [6.07, 6.45) is 1.46. The summed E-state index contributed by atoms with van der Waals surface area (Å²) in [6.45, 7) is 2.89. The van der Waals surface area contributed by atoms with Crippen LogP contribution < -0.4 is 4.74 Å². The highest BCUT2D eigenvalue weighted by atomic mass is 32.2. The molecule has 0 saturated carbocycles. The molecule has 1 aliphatic rings. The van der Waals surface area contributed by atoms with Crippen molar-refractivity contribution in [3.05, 3.63) is 23.8 Å². The molecule has 0 radical (unpaired) electrons. The minimum absolute atomic E-state index is 0.129. The molecule has 1 N–H and O–H groups in total. The maximum absolute atomic E-state index is 12.5. The lowest BCUT2D eigenvalue weighted by Gasteiger charge is -2.20. The largest absolute Gasteiger partial charge is 0.493 e. The van der Waals surface area contributed by atoms with E-state index in [1.165, 1.54) is 4.31 Å². The second kappa shape index (κ2) is 5.90. The van der Waals surface area contributed by atoms with Crippen LogP contribution in [0.25, 0.3) is 0 Å². The van der Waals surface area contributed by atoms with E-state index in [4.69, 9.17) is 9.84 Å². The van der Waals surface area contributed by atoms with Gasteiger partial charge in [0.15, 0.2) is 0 Å². The fourth-order valence-corrected chi connectivity index (χ4v) is 3.76. The second-order valence-corrected chi connectivity index (χ2v) is 6.43. The fraction of sp³-hybridized carbons (Fsp3) is 0.538. The number of hydrogen-bond acceptors (Lipinski definition) is 4. The van der Waals surface area contributed by atoms with Crippen LogP contribution in [0, 0.1) is 0 Å². The highest BCUT2D eigenvalue weighted by Gasteiger charge is 2.25. The average molecular weight is 285 g/mol. The van der Waals surface area contributed by atoms with Gasteiger partial charge in [-0.15, -0.1) is 0 Å². The summed E-state index contributed by atoms with van der Waals surface area (Å²) in [7, 11) is -3.53. The maximum Gasteiger partial charge on any atom is 0.243 e. The Balaban J connectivity index is 2.32. The van der Waals surface area contributed by atoms with Crippen molar-refractivity contribution in [1.82, 2.24) is 4.31 Å². The summed E-state index contributed by atoms with van der Waals surface area (Å²) in [4.78, 5) is 0.277. The van der Waals surface area contributed by atoms with E-state index < -0.39 is 10.0 Å². The lowest BCUT2D eigenvalue weighted by Crippen LogP contribution is -2.34. The molecule has 1 aliphatic heterocycles. The van der Waals surface area contributed by atoms with Crippen LogP contribution in [-0.2, 0) is 16.4 Å². The number of aliphatic hydroxyl groups excluding tert-OH is 1. The van der Waals surface area contributed by atoms with E-state index in [0.29, 0.717) is 19.6 Å². The molecule has 106 valence electrons. The predicted octanol–water partition coefficient (Wildman–Crippen LogP) is 1.01. The second-order valence-electron chi connectivity index (χ2n) is 4.50. The Labute approximate surface area is 113 Å². The van der Waals surface area contributed by atoms with Gasteiger partial charge in [0.1, 0.15) is 5.75 Å². The molecule has 0 atom stereocenters. The molecule has 0 unspecified atom stereocenters. The van der Waals surface area contributed by atoms with Crippen LogP contribution in [0.5, 0.6) is 5.75 Å². The molecule has 6 heteroatoms. The molecule has 0 saturated heterocycles. The van der Waals surface area contributed by atoms with Crippen molar-refractivity contribution in [1.29, 1.82) is 0 Å². The molecule has 1 aromatic rings. The summed E-state index contributed by atoms with van der Waals surface area (Å²) in [6, 6.07) is 4.95. The van der Waals surface area contributed by atoms with Crippen LogP contribution in [0.4, 0.5) is 0 Å². The van der Waals surface area contributed by atoms with Gasteiger partial charge in [0.05, 0.1) is 18.1 Å². The molecule has 0 spiro atoms. The number of benzene rings is 1. The topological polar surface area (TPSA) is 66.8 Å². The van der Waals surface area contributed by atoms with Gasteiger partial charge in [0.2, 0.25) is 10.0 Å². The van der Waals surface area contributed by atoms with Crippen molar-refractivity contribution in [2.75, 3.05) is 26.3 Å². The van der Waals surface area contributed by atoms with Crippen LogP contribution in [0.15, 0.2) is 23.1 Å². The van der Waals surface area contributed by atoms with Gasteiger partial charge in [-0.2, -0.15) is 4.31 Å². The maximum atomic E-state index is 12.5. The summed E-state index contributed by atoms with van der Waals surface area (Å²) < 4.78 is 31.7. The molecule has 0 fully saturated rings. The average Bonchev–Trinajstić information content (AvgIpc) is 2.85. The quantitative estimate of drug-likeness (QED) is 0.847. The molecule has 1 aromatic carbocycles. The summed E-state index contributed by atoms with van der Waals surface area (Å²) in [5, 5.41) is 9.00. The van der Waals surface area contributed by atoms with Crippen LogP contribution in [0.2, 0.25) is 0 Å². The number of sulfonamides is 1. The van der Waals surface area contributed by atoms with Crippen molar-refractivity contribution in [2.24, 2.45) is 0 Å². The third-order valence-electron chi connectivity index (χ3n) is 3.12. The zero-order valence-corrected chi connectivity index (χ0v) is 11.8. The molecule has 19 heavy (non-hydrogen) atoms. The first-order chi connectivity index (χ1) is 9.09. The number of nitrogens with zero attached hydrogens (tertiary/aromatic N) is 1. The first-order valence-corrected chi connectivity index (χ1v) is 7.90. The van der Waals surface area contributed by atoms with Gasteiger partial charge < -0.3 is 9.84 Å². The van der Waals surface area contributed by atoms with Crippen LogP contribution in [0.1, 0.15) is 18.9 Å². The number of aliphatic hydroxyl groups is 1. The third-order valence-corrected chi connectivity index (χ3v) is 5.02. The zero-order valence-electron chi connectivity index (χ0n) is 11.0. The van der Waals surface area contributed by atoms with Gasteiger partial charge in [-0.05, 0) is 30.2 Å². The molecule has 0 aromatic heterocycles. The first-order valence-electron chi connectivity index (χ1n) is 6.46. The van der Waals surface area contributed by atoms with Crippen molar-refractivity contribution in [3.8, 4) is 5.75 Å². The standard InChI is InChI=1S/C13H19NO4S/c1-2-6-14(7-8-15)19(16,17)12-3-4-13-11(10-12)5-9-18-13/h3-4,10,15H,2,5-9H2,1H3. The SMILES string of the molecule is CCCN(CCO)S(=O)(=O)c1ccc2c(c1)CCO2. The van der Waals surface area contributed by atoms with Crippen LogP contribution >= 0.6 is 0 Å². The van der Waals surface area contributed by atoms with Gasteiger partial charge in [-0.1, -0.05) is 6.92 Å². The van der Waals surface area contributed by atoms with Gasteiger partial charge in [-0.25, -0.2) is 8.42 Å². The minimum Gasteiger partial charge on any atom is -0.493 e. The van der Waals surface area contributed by atoms with Crippen molar-refractivity contribution >= 4 is 10.0 Å². The Morgan fingerprint density at radius 2 is 2.16 bits per heavy atom. The summed E-state index contributed by atoms with van der Waals surface area (Å²) in [5.41, 5.74) is 0.932. The Morgan fingerprint density at radius 3 is 2.84 bits per heavy atom. The Bertz CT molecular complexity index is 536. The molecular formula is C13H19NO4S. The van der Waals surface area contributed by atoms with Crippen molar-refractivity contribution < 1.29 is 18.3 Å². The smallest absolute Gasteiger partial charge is 0.243 e. The number of ether oxygens (including phenoxy) is 1. The number of fused-ring (bicyclic) bond motifs is 1. The van der Waals surface area contributed by atoms with Gasteiger partial charge in [0, 0.05) is 19.5 Å². The Kier molecular flexibility index (Phi) is 4.44. The normalized spacial score (nSPS) is 14.5. The monoisotopic (exact) mass is 285 g/mol. The lowest BCUT2D eigenvalue weighted by molar-refractivity contribution is 0.253. The van der Waals surface area contributed by atoms with Crippen LogP contribution in [-0.4, -0.2) is 44.1 Å². The van der Waals surface area contributed by atoms with Gasteiger partial charge >= 0.3 is 0 Å². The fourth-order valence-electron chi connectivity index (χ4n) is 2.19. The van der Waals surface area contributed by atoms with E-state index in [1.807, 2.05) is 6.92 Å². The third kappa shape index (κ3) is 2.91.